The van der Waals surface area contributed by atoms with E-state index in [1.54, 1.807) is 66.7 Å². The van der Waals surface area contributed by atoms with Crippen LogP contribution in [0.25, 0.3) is 0 Å². The number of ether oxygens (including phenoxy) is 1. The molecule has 1 N–H and O–H groups in total. The van der Waals surface area contributed by atoms with Crippen LogP contribution >= 0.6 is 11.6 Å². The number of halogens is 1. The molecule has 4 aromatic rings. The van der Waals surface area contributed by atoms with E-state index >= 15 is 0 Å². The third kappa shape index (κ3) is 7.19. The molecule has 0 aromatic heterocycles. The van der Waals surface area contributed by atoms with E-state index in [9.17, 15) is 13.2 Å². The van der Waals surface area contributed by atoms with Crippen LogP contribution in [-0.2, 0) is 16.7 Å². The molecule has 4 aromatic carbocycles. The van der Waals surface area contributed by atoms with Gasteiger partial charge in [0.15, 0.2) is 5.75 Å². The second-order valence-electron chi connectivity index (χ2n) is 8.03. The Bertz CT molecular complexity index is 1500. The molecule has 0 radical (unpaired) electrons. The summed E-state index contributed by atoms with van der Waals surface area (Å²) in [5.74, 6) is 0.255. The Morgan fingerprint density at radius 1 is 0.919 bits per heavy atom. The number of hydrogen-bond donors (Lipinski definition) is 1. The lowest BCUT2D eigenvalue weighted by Gasteiger charge is -2.09. The molecule has 4 rings (SSSR count). The third-order valence-electron chi connectivity index (χ3n) is 5.23. The van der Waals surface area contributed by atoms with Crippen molar-refractivity contribution in [3.8, 4) is 11.5 Å². The number of nitrogens with zero attached hydrogens (tertiary/aromatic N) is 1. The van der Waals surface area contributed by atoms with Gasteiger partial charge in [-0.3, -0.25) is 4.79 Å². The predicted octanol–water partition coefficient (Wildman–Crippen LogP) is 5.76. The molecule has 0 aliphatic carbocycles. The number of carbonyl (C=O) groups is 1. The standard InChI is InChI=1S/C28H23ClN2O5S/c1-20-6-16-26(17-7-20)37(33,34)36-27-5-3-2-4-23(27)18-30-31-28(32)22-10-14-25(15-11-22)35-19-21-8-12-24(29)13-9-21/h2-18H,19H2,1H3,(H,31,32)/b30-18+. The van der Waals surface area contributed by atoms with Gasteiger partial charge in [-0.15, -0.1) is 0 Å². The van der Waals surface area contributed by atoms with E-state index in [1.807, 2.05) is 19.1 Å². The lowest BCUT2D eigenvalue weighted by molar-refractivity contribution is 0.0955. The van der Waals surface area contributed by atoms with Crippen LogP contribution < -0.4 is 14.3 Å². The number of nitrogens with one attached hydrogen (secondary N) is 1. The van der Waals surface area contributed by atoms with Crippen LogP contribution in [0, 0.1) is 6.92 Å². The molecule has 37 heavy (non-hydrogen) atoms. The zero-order valence-corrected chi connectivity index (χ0v) is 21.4. The smallest absolute Gasteiger partial charge is 0.339 e. The Labute approximate surface area is 220 Å². The van der Waals surface area contributed by atoms with E-state index < -0.39 is 16.0 Å². The average molecular weight is 535 g/mol. The largest absolute Gasteiger partial charge is 0.489 e. The second kappa shape index (κ2) is 11.7. The molecule has 9 heteroatoms. The minimum atomic E-state index is -4.03. The van der Waals surface area contributed by atoms with Crippen molar-refractivity contribution in [3.05, 3.63) is 124 Å². The molecule has 0 bridgehead atoms. The molecular formula is C28H23ClN2O5S. The van der Waals surface area contributed by atoms with Gasteiger partial charge in [0.2, 0.25) is 0 Å². The molecule has 0 aliphatic heterocycles. The van der Waals surface area contributed by atoms with Crippen LogP contribution in [0.1, 0.15) is 27.0 Å². The summed E-state index contributed by atoms with van der Waals surface area (Å²) in [4.78, 5) is 12.5. The number of rotatable bonds is 9. The Balaban J connectivity index is 1.36. The average Bonchev–Trinajstić information content (AvgIpc) is 2.89. The minimum absolute atomic E-state index is 0.0405. The van der Waals surface area contributed by atoms with E-state index in [0.29, 0.717) is 28.5 Å². The zero-order valence-electron chi connectivity index (χ0n) is 19.8. The van der Waals surface area contributed by atoms with Crippen LogP contribution in [0.15, 0.2) is 107 Å². The summed E-state index contributed by atoms with van der Waals surface area (Å²) in [7, 11) is -4.03. The summed E-state index contributed by atoms with van der Waals surface area (Å²) in [6.45, 7) is 2.23. The maximum absolute atomic E-state index is 12.6. The lowest BCUT2D eigenvalue weighted by Crippen LogP contribution is -2.17. The molecule has 0 fully saturated rings. The Kier molecular flexibility index (Phi) is 8.22. The van der Waals surface area contributed by atoms with Crippen molar-refractivity contribution in [1.29, 1.82) is 0 Å². The van der Waals surface area contributed by atoms with Gasteiger partial charge in [0.05, 0.1) is 6.21 Å². The number of amides is 1. The van der Waals surface area contributed by atoms with Crippen LogP contribution in [0.3, 0.4) is 0 Å². The van der Waals surface area contributed by atoms with Gasteiger partial charge < -0.3 is 8.92 Å². The highest BCUT2D eigenvalue weighted by molar-refractivity contribution is 7.87. The van der Waals surface area contributed by atoms with Gasteiger partial charge in [0, 0.05) is 16.1 Å². The molecule has 0 heterocycles. The van der Waals surface area contributed by atoms with E-state index in [4.69, 9.17) is 20.5 Å². The topological polar surface area (TPSA) is 94.1 Å². The van der Waals surface area contributed by atoms with Gasteiger partial charge in [0.1, 0.15) is 17.3 Å². The van der Waals surface area contributed by atoms with Crippen LogP contribution in [0.4, 0.5) is 0 Å². The number of aryl methyl sites for hydroxylation is 1. The normalized spacial score (nSPS) is 11.3. The van der Waals surface area contributed by atoms with E-state index in [0.717, 1.165) is 11.1 Å². The maximum atomic E-state index is 12.6. The maximum Gasteiger partial charge on any atom is 0.339 e. The lowest BCUT2D eigenvalue weighted by atomic mass is 10.2. The number of carbonyl (C=O) groups excluding carboxylic acids is 1. The van der Waals surface area contributed by atoms with Gasteiger partial charge >= 0.3 is 10.1 Å². The number of benzene rings is 4. The van der Waals surface area contributed by atoms with Crippen molar-refractivity contribution in [2.75, 3.05) is 0 Å². The van der Waals surface area contributed by atoms with Crippen molar-refractivity contribution < 1.29 is 22.1 Å². The molecule has 0 aliphatic rings. The van der Waals surface area contributed by atoms with Crippen LogP contribution in [0.5, 0.6) is 11.5 Å². The number of hydrazone groups is 1. The summed E-state index contributed by atoms with van der Waals surface area (Å²) in [5.41, 5.74) is 5.09. The van der Waals surface area contributed by atoms with Gasteiger partial charge in [-0.2, -0.15) is 13.5 Å². The summed E-state index contributed by atoms with van der Waals surface area (Å²) in [5, 5.41) is 4.61. The Hall–Kier alpha value is -4.14. The van der Waals surface area contributed by atoms with Gasteiger partial charge in [-0.25, -0.2) is 5.43 Å². The summed E-state index contributed by atoms with van der Waals surface area (Å²) < 4.78 is 36.3. The number of hydrogen-bond acceptors (Lipinski definition) is 6. The molecule has 1 amide bonds. The molecule has 7 nitrogen and oxygen atoms in total. The summed E-state index contributed by atoms with van der Waals surface area (Å²) in [6.07, 6.45) is 1.32. The van der Waals surface area contributed by atoms with Crippen molar-refractivity contribution >= 4 is 33.8 Å². The molecule has 0 atom stereocenters. The fourth-order valence-electron chi connectivity index (χ4n) is 3.21. The van der Waals surface area contributed by atoms with E-state index in [1.165, 1.54) is 24.4 Å². The van der Waals surface area contributed by atoms with E-state index in [-0.39, 0.29) is 10.6 Å². The first-order valence-electron chi connectivity index (χ1n) is 11.2. The van der Waals surface area contributed by atoms with Crippen molar-refractivity contribution in [2.24, 2.45) is 5.10 Å². The zero-order chi connectivity index (χ0) is 26.3. The third-order valence-corrected chi connectivity index (χ3v) is 6.73. The number of para-hydroxylation sites is 1. The van der Waals surface area contributed by atoms with Crippen LogP contribution in [0.2, 0.25) is 5.02 Å². The highest BCUT2D eigenvalue weighted by Gasteiger charge is 2.18. The highest BCUT2D eigenvalue weighted by Crippen LogP contribution is 2.22. The minimum Gasteiger partial charge on any atom is -0.489 e. The van der Waals surface area contributed by atoms with Gasteiger partial charge in [0.25, 0.3) is 5.91 Å². The van der Waals surface area contributed by atoms with Gasteiger partial charge in [-0.1, -0.05) is 53.6 Å². The van der Waals surface area contributed by atoms with Crippen molar-refractivity contribution in [3.63, 3.8) is 0 Å². The van der Waals surface area contributed by atoms with Crippen molar-refractivity contribution in [1.82, 2.24) is 5.43 Å². The molecule has 0 saturated heterocycles. The van der Waals surface area contributed by atoms with Gasteiger partial charge in [-0.05, 0) is 73.2 Å². The van der Waals surface area contributed by atoms with E-state index in [2.05, 4.69) is 10.5 Å². The SMILES string of the molecule is Cc1ccc(S(=O)(=O)Oc2ccccc2/C=N/NC(=O)c2ccc(OCc3ccc(Cl)cc3)cc2)cc1. The summed E-state index contributed by atoms with van der Waals surface area (Å²) >= 11 is 5.89. The molecular weight excluding hydrogens is 512 g/mol. The second-order valence-corrected chi connectivity index (χ2v) is 10.0. The molecule has 0 spiro atoms. The monoisotopic (exact) mass is 534 g/mol. The fraction of sp³-hybridized carbons (Fsp3) is 0.0714. The molecule has 0 unspecified atom stereocenters. The first-order chi connectivity index (χ1) is 17.8. The molecule has 188 valence electrons. The van der Waals surface area contributed by atoms with Crippen molar-refractivity contribution in [2.45, 2.75) is 18.4 Å². The predicted molar refractivity (Wildman–Crippen MR) is 143 cm³/mol. The highest BCUT2D eigenvalue weighted by atomic mass is 35.5. The Morgan fingerprint density at radius 3 is 2.30 bits per heavy atom. The Morgan fingerprint density at radius 2 is 1.59 bits per heavy atom. The first kappa shape index (κ1) is 25.9. The first-order valence-corrected chi connectivity index (χ1v) is 13.0. The summed E-state index contributed by atoms with van der Waals surface area (Å²) in [6, 6.07) is 26.8. The molecule has 0 saturated carbocycles. The fourth-order valence-corrected chi connectivity index (χ4v) is 4.29. The quantitative estimate of drug-likeness (QED) is 0.167. The van der Waals surface area contributed by atoms with Crippen LogP contribution in [-0.4, -0.2) is 20.5 Å².